The van der Waals surface area contributed by atoms with Crippen LogP contribution in [0, 0.1) is 13.8 Å². The molecule has 1 N–H and O–H groups in total. The summed E-state index contributed by atoms with van der Waals surface area (Å²) in [6, 6.07) is 6.76. The maximum absolute atomic E-state index is 16.6. The van der Waals surface area contributed by atoms with E-state index in [1.807, 2.05) is 0 Å². The quantitative estimate of drug-likeness (QED) is 0.274. The number of benzene rings is 1. The van der Waals surface area contributed by atoms with Crippen LogP contribution in [0.25, 0.3) is 5.57 Å². The van der Waals surface area contributed by atoms with Gasteiger partial charge in [-0.3, -0.25) is 4.79 Å². The maximum atomic E-state index is 16.6. The molecule has 0 atom stereocenters. The van der Waals surface area contributed by atoms with Crippen molar-refractivity contribution in [3.05, 3.63) is 69.2 Å². The summed E-state index contributed by atoms with van der Waals surface area (Å²) in [6.07, 6.45) is 0. The lowest BCUT2D eigenvalue weighted by Crippen LogP contribution is -2.51. The molecule has 0 saturated carbocycles. The first-order valence-corrected chi connectivity index (χ1v) is 13.7. The van der Waals surface area contributed by atoms with Gasteiger partial charge in [-0.05, 0) is 63.6 Å². The number of halogens is 3. The number of alkyl halides is 1. The molecular formula is C27H29BBrF2N3O5. The van der Waals surface area contributed by atoms with E-state index < -0.39 is 18.9 Å². The molecule has 1 aromatic carbocycles. The van der Waals surface area contributed by atoms with Crippen LogP contribution >= 0.6 is 15.9 Å². The van der Waals surface area contributed by atoms with Crippen molar-refractivity contribution in [1.29, 1.82) is 0 Å². The van der Waals surface area contributed by atoms with E-state index in [-0.39, 0.29) is 58.4 Å². The summed E-state index contributed by atoms with van der Waals surface area (Å²) in [7, 11) is 0. The number of hydrogen-bond donors (Lipinski definition) is 1. The Morgan fingerprint density at radius 1 is 1.00 bits per heavy atom. The summed E-state index contributed by atoms with van der Waals surface area (Å²) in [5, 5.41) is 2.86. The highest BCUT2D eigenvalue weighted by molar-refractivity contribution is 9.09. The summed E-state index contributed by atoms with van der Waals surface area (Å²) in [6.45, 7) is 5.17. The zero-order valence-electron chi connectivity index (χ0n) is 22.6. The number of anilines is 1. The van der Waals surface area contributed by atoms with E-state index in [9.17, 15) is 14.4 Å². The third kappa shape index (κ3) is 4.44. The Labute approximate surface area is 233 Å². The molecule has 3 heterocycles. The summed E-state index contributed by atoms with van der Waals surface area (Å²) >= 11 is 3.11. The molecule has 0 spiro atoms. The Bertz CT molecular complexity index is 1510. The van der Waals surface area contributed by atoms with E-state index >= 15 is 8.63 Å². The molecule has 0 fully saturated rings. The van der Waals surface area contributed by atoms with Gasteiger partial charge in [0.05, 0.1) is 29.7 Å². The standard InChI is InChI=1S/C27H29BBrF2N3O5/c1-7-38-26(36)21-14(3)24-23(18-9-11-19(12-10-18)32-20(35)13-29)25-15(4)22(27(37)39-8-2)17(6)34(25)28(30,31)33(24)16(21)5/h9-12H,7-8,13H2,1-6H3,(H,32,35). The van der Waals surface area contributed by atoms with Gasteiger partial charge in [-0.15, -0.1) is 0 Å². The SMILES string of the molecule is CCOC(=O)C1=C(C)C2=C(c3ccc(NC(=O)CBr)cc3)c3c(C)c(C(=O)OCC)c(C)n3[B-](F)(F)[N+]2=C1C. The first-order chi connectivity index (χ1) is 18.4. The van der Waals surface area contributed by atoms with Gasteiger partial charge < -0.3 is 32.4 Å². The fraction of sp³-hybridized carbons (Fsp3) is 0.333. The summed E-state index contributed by atoms with van der Waals surface area (Å²) in [5.74, 6) is -1.61. The Morgan fingerprint density at radius 3 is 2.15 bits per heavy atom. The van der Waals surface area contributed by atoms with Gasteiger partial charge >= 0.3 is 18.9 Å². The zero-order valence-corrected chi connectivity index (χ0v) is 24.2. The minimum atomic E-state index is -4.51. The lowest BCUT2D eigenvalue weighted by Gasteiger charge is -2.34. The zero-order chi connectivity index (χ0) is 28.8. The van der Waals surface area contributed by atoms with Crippen LogP contribution in [-0.2, 0) is 19.1 Å². The fourth-order valence-electron chi connectivity index (χ4n) is 5.53. The van der Waals surface area contributed by atoms with Gasteiger partial charge in [0.25, 0.3) is 0 Å². The smallest absolute Gasteiger partial charge is 0.462 e. The number of fused-ring (bicyclic) bond motifs is 2. The normalized spacial score (nSPS) is 15.8. The summed E-state index contributed by atoms with van der Waals surface area (Å²) in [4.78, 5) is 37.6. The molecule has 0 radical (unpaired) electrons. The van der Waals surface area contributed by atoms with Gasteiger partial charge in [-0.2, -0.15) is 0 Å². The van der Waals surface area contributed by atoms with Crippen LogP contribution in [0.15, 0.2) is 41.1 Å². The number of amides is 1. The highest BCUT2D eigenvalue weighted by Crippen LogP contribution is 2.47. The van der Waals surface area contributed by atoms with Crippen LogP contribution < -0.4 is 5.32 Å². The lowest BCUT2D eigenvalue weighted by atomic mass is 9.83. The molecule has 12 heteroatoms. The number of esters is 2. The molecule has 4 rings (SSSR count). The molecule has 1 amide bonds. The number of carbonyl (C=O) groups is 3. The highest BCUT2D eigenvalue weighted by Gasteiger charge is 2.58. The van der Waals surface area contributed by atoms with Gasteiger partial charge in [-0.1, -0.05) is 28.1 Å². The molecule has 39 heavy (non-hydrogen) atoms. The maximum Gasteiger partial charge on any atom is 0.737 e. The molecule has 2 aliphatic rings. The molecule has 0 saturated heterocycles. The number of rotatable bonds is 7. The predicted molar refractivity (Wildman–Crippen MR) is 148 cm³/mol. The van der Waals surface area contributed by atoms with Crippen molar-refractivity contribution in [3.8, 4) is 0 Å². The number of hydrogen-bond acceptors (Lipinski definition) is 5. The van der Waals surface area contributed by atoms with E-state index in [0.717, 1.165) is 8.96 Å². The minimum absolute atomic E-state index is 0.0683. The third-order valence-electron chi connectivity index (χ3n) is 7.02. The van der Waals surface area contributed by atoms with Crippen molar-refractivity contribution < 1.29 is 37.0 Å². The van der Waals surface area contributed by atoms with Gasteiger partial charge in [0.2, 0.25) is 5.91 Å². The Hall–Kier alpha value is -3.54. The van der Waals surface area contributed by atoms with Crippen molar-refractivity contribution in [2.24, 2.45) is 0 Å². The summed E-state index contributed by atoms with van der Waals surface area (Å²) in [5.41, 5.74) is 2.85. The number of ether oxygens (including phenoxy) is 2. The second kappa shape index (κ2) is 10.6. The average molecular weight is 604 g/mol. The van der Waals surface area contributed by atoms with Crippen LogP contribution in [0.4, 0.5) is 14.3 Å². The molecule has 206 valence electrons. The second-order valence-corrected chi connectivity index (χ2v) is 9.83. The van der Waals surface area contributed by atoms with Crippen LogP contribution in [0.2, 0.25) is 0 Å². The van der Waals surface area contributed by atoms with Crippen LogP contribution in [-0.4, -0.2) is 58.0 Å². The van der Waals surface area contributed by atoms with Gasteiger partial charge in [-0.25, -0.2) is 9.59 Å². The van der Waals surface area contributed by atoms with E-state index in [2.05, 4.69) is 21.2 Å². The fourth-order valence-corrected chi connectivity index (χ4v) is 5.67. The molecule has 0 aliphatic carbocycles. The predicted octanol–water partition coefficient (Wildman–Crippen LogP) is 4.98. The second-order valence-electron chi connectivity index (χ2n) is 9.27. The Balaban J connectivity index is 2.09. The number of aromatic nitrogens is 1. The van der Waals surface area contributed by atoms with Crippen molar-refractivity contribution in [3.63, 3.8) is 0 Å². The molecule has 2 aromatic rings. The number of allylic oxidation sites excluding steroid dienone is 1. The van der Waals surface area contributed by atoms with Gasteiger partial charge in [0, 0.05) is 23.9 Å². The molecule has 0 bridgehead atoms. The third-order valence-corrected chi connectivity index (χ3v) is 7.53. The number of nitrogens with zero attached hydrogens (tertiary/aromatic N) is 2. The van der Waals surface area contributed by atoms with Crippen LogP contribution in [0.1, 0.15) is 60.6 Å². The molecular weight excluding hydrogens is 575 g/mol. The van der Waals surface area contributed by atoms with E-state index in [4.69, 9.17) is 9.47 Å². The van der Waals surface area contributed by atoms with Gasteiger partial charge in [0.15, 0.2) is 5.70 Å². The van der Waals surface area contributed by atoms with E-state index in [1.54, 1.807) is 52.0 Å². The van der Waals surface area contributed by atoms with Crippen LogP contribution in [0.5, 0.6) is 0 Å². The number of carbonyl (C=O) groups excluding carboxylic acids is 3. The van der Waals surface area contributed by atoms with E-state index in [0.29, 0.717) is 28.0 Å². The lowest BCUT2D eigenvalue weighted by molar-refractivity contribution is -0.363. The van der Waals surface area contributed by atoms with E-state index in [1.165, 1.54) is 13.8 Å². The molecule has 1 aromatic heterocycles. The monoisotopic (exact) mass is 603 g/mol. The number of nitrogens with one attached hydrogen (secondary N) is 1. The molecule has 2 aliphatic heterocycles. The largest absolute Gasteiger partial charge is 0.737 e. The Kier molecular flexibility index (Phi) is 7.71. The van der Waals surface area contributed by atoms with Crippen molar-refractivity contribution in [1.82, 2.24) is 4.48 Å². The van der Waals surface area contributed by atoms with Gasteiger partial charge in [0.1, 0.15) is 11.3 Å². The van der Waals surface area contributed by atoms with Crippen molar-refractivity contribution in [2.45, 2.75) is 41.5 Å². The topological polar surface area (TPSA) is 89.6 Å². The highest BCUT2D eigenvalue weighted by atomic mass is 79.9. The molecule has 0 unspecified atom stereocenters. The summed E-state index contributed by atoms with van der Waals surface area (Å²) < 4.78 is 45.3. The van der Waals surface area contributed by atoms with Crippen molar-refractivity contribution >= 4 is 57.7 Å². The minimum Gasteiger partial charge on any atom is -0.462 e. The molecule has 8 nitrogen and oxygen atoms in total. The first kappa shape index (κ1) is 28.5. The first-order valence-electron chi connectivity index (χ1n) is 12.6. The van der Waals surface area contributed by atoms with Crippen LogP contribution in [0.3, 0.4) is 0 Å². The Morgan fingerprint density at radius 2 is 1.59 bits per heavy atom. The average Bonchev–Trinajstić information content (AvgIpc) is 3.30. The van der Waals surface area contributed by atoms with Crippen molar-refractivity contribution in [2.75, 3.05) is 23.9 Å².